The smallest absolute Gasteiger partial charge is 0.290 e. The summed E-state index contributed by atoms with van der Waals surface area (Å²) in [7, 11) is 0. The van der Waals surface area contributed by atoms with Crippen LogP contribution < -0.4 is 4.90 Å². The standard InChI is InChI=1S/C18H22N2O4/c1-13(21)15-16(14-5-3-2-4-6-14)20(18(23)17(15)22)8-7-19-9-11-24-12-10-19/h2-6,16,22H,7-12H2,1H3/p+1/t16-/m0/s1. The number of Topliss-reactive ketones (excluding diaryl/α,β-unsaturated/α-hetero) is 1. The first kappa shape index (κ1) is 16.7. The number of hydrogen-bond donors (Lipinski definition) is 2. The van der Waals surface area contributed by atoms with Gasteiger partial charge in [-0.2, -0.15) is 0 Å². The molecule has 6 heteroatoms. The minimum atomic E-state index is -0.503. The zero-order valence-electron chi connectivity index (χ0n) is 13.8. The Morgan fingerprint density at radius 3 is 2.58 bits per heavy atom. The molecule has 0 spiro atoms. The van der Waals surface area contributed by atoms with E-state index in [1.807, 2.05) is 30.3 Å². The summed E-state index contributed by atoms with van der Waals surface area (Å²) in [6, 6.07) is 8.90. The summed E-state index contributed by atoms with van der Waals surface area (Å²) in [6.45, 7) is 5.95. The average molecular weight is 331 g/mol. The van der Waals surface area contributed by atoms with Crippen LogP contribution in [0.1, 0.15) is 18.5 Å². The monoisotopic (exact) mass is 331 g/mol. The van der Waals surface area contributed by atoms with Gasteiger partial charge < -0.3 is 19.6 Å². The topological polar surface area (TPSA) is 71.3 Å². The number of hydrogen-bond acceptors (Lipinski definition) is 4. The van der Waals surface area contributed by atoms with Crippen LogP contribution in [0.15, 0.2) is 41.7 Å². The predicted molar refractivity (Wildman–Crippen MR) is 87.6 cm³/mol. The summed E-state index contributed by atoms with van der Waals surface area (Å²) in [5, 5.41) is 10.2. The first-order valence-corrected chi connectivity index (χ1v) is 8.31. The summed E-state index contributed by atoms with van der Waals surface area (Å²) in [6.07, 6.45) is 0. The van der Waals surface area contributed by atoms with Gasteiger partial charge in [0.15, 0.2) is 11.5 Å². The molecule has 1 aromatic rings. The van der Waals surface area contributed by atoms with E-state index in [4.69, 9.17) is 4.74 Å². The van der Waals surface area contributed by atoms with Gasteiger partial charge in [0.1, 0.15) is 13.1 Å². The van der Waals surface area contributed by atoms with Crippen LogP contribution in [0.2, 0.25) is 0 Å². The summed E-state index contributed by atoms with van der Waals surface area (Å²) in [4.78, 5) is 27.5. The zero-order chi connectivity index (χ0) is 17.1. The first-order valence-electron chi connectivity index (χ1n) is 8.31. The number of carbonyl (C=O) groups is 2. The van der Waals surface area contributed by atoms with Crippen LogP contribution >= 0.6 is 0 Å². The van der Waals surface area contributed by atoms with Gasteiger partial charge >= 0.3 is 0 Å². The number of ether oxygens (including phenoxy) is 1. The quantitative estimate of drug-likeness (QED) is 0.790. The lowest BCUT2D eigenvalue weighted by atomic mass is 9.97. The first-order chi connectivity index (χ1) is 11.6. The van der Waals surface area contributed by atoms with Gasteiger partial charge in [-0.25, -0.2) is 0 Å². The van der Waals surface area contributed by atoms with Crippen molar-refractivity contribution in [2.45, 2.75) is 13.0 Å². The van der Waals surface area contributed by atoms with Crippen LogP contribution in [-0.2, 0) is 14.3 Å². The molecule has 2 heterocycles. The van der Waals surface area contributed by atoms with Crippen molar-refractivity contribution in [2.75, 3.05) is 39.4 Å². The van der Waals surface area contributed by atoms with Crippen molar-refractivity contribution >= 4 is 11.7 Å². The van der Waals surface area contributed by atoms with E-state index in [0.717, 1.165) is 38.4 Å². The number of nitrogens with zero attached hydrogens (tertiary/aromatic N) is 1. The molecule has 2 aliphatic rings. The highest BCUT2D eigenvalue weighted by atomic mass is 16.5. The molecular formula is C18H23N2O4+. The third kappa shape index (κ3) is 3.20. The van der Waals surface area contributed by atoms with Crippen molar-refractivity contribution in [1.82, 2.24) is 4.90 Å². The molecule has 0 unspecified atom stereocenters. The van der Waals surface area contributed by atoms with Crippen molar-refractivity contribution in [2.24, 2.45) is 0 Å². The van der Waals surface area contributed by atoms with E-state index in [1.54, 1.807) is 4.90 Å². The number of quaternary nitrogens is 1. The molecule has 1 fully saturated rings. The van der Waals surface area contributed by atoms with Gasteiger partial charge in [0.25, 0.3) is 5.91 Å². The van der Waals surface area contributed by atoms with Crippen LogP contribution in [0.3, 0.4) is 0 Å². The molecule has 128 valence electrons. The van der Waals surface area contributed by atoms with Gasteiger partial charge in [0.2, 0.25) is 0 Å². The van der Waals surface area contributed by atoms with Crippen molar-refractivity contribution in [3.8, 4) is 0 Å². The molecule has 1 atom stereocenters. The molecule has 0 aliphatic carbocycles. The molecule has 0 aromatic heterocycles. The lowest BCUT2D eigenvalue weighted by Gasteiger charge is -2.29. The van der Waals surface area contributed by atoms with Gasteiger partial charge in [-0.05, 0) is 12.5 Å². The van der Waals surface area contributed by atoms with Crippen LogP contribution in [0.25, 0.3) is 0 Å². The summed E-state index contributed by atoms with van der Waals surface area (Å²) in [5.74, 6) is -1.13. The zero-order valence-corrected chi connectivity index (χ0v) is 13.8. The largest absolute Gasteiger partial charge is 0.503 e. The number of benzene rings is 1. The molecule has 6 nitrogen and oxygen atoms in total. The second kappa shape index (κ2) is 7.15. The maximum absolute atomic E-state index is 12.5. The number of morpholine rings is 1. The highest BCUT2D eigenvalue weighted by molar-refractivity contribution is 6.08. The number of amides is 1. The maximum atomic E-state index is 12.5. The predicted octanol–water partition coefficient (Wildman–Crippen LogP) is -0.114. The fraction of sp³-hybridized carbons (Fsp3) is 0.444. The van der Waals surface area contributed by atoms with Crippen LogP contribution in [0.5, 0.6) is 0 Å². The highest BCUT2D eigenvalue weighted by Gasteiger charge is 2.42. The molecule has 0 saturated carbocycles. The normalized spacial score (nSPS) is 22.3. The summed E-state index contributed by atoms with van der Waals surface area (Å²) >= 11 is 0. The molecule has 1 amide bonds. The van der Waals surface area contributed by atoms with E-state index in [2.05, 4.69) is 0 Å². The van der Waals surface area contributed by atoms with Crippen molar-refractivity contribution < 1.29 is 24.3 Å². The van der Waals surface area contributed by atoms with Crippen molar-refractivity contribution in [1.29, 1.82) is 0 Å². The lowest BCUT2D eigenvalue weighted by Crippen LogP contribution is -3.14. The molecule has 2 aliphatic heterocycles. The lowest BCUT2D eigenvalue weighted by molar-refractivity contribution is -0.907. The van der Waals surface area contributed by atoms with Crippen LogP contribution in [-0.4, -0.2) is 61.1 Å². The summed E-state index contributed by atoms with van der Waals surface area (Å²) in [5.41, 5.74) is 1.04. The van der Waals surface area contributed by atoms with Gasteiger partial charge in [0.05, 0.1) is 37.9 Å². The van der Waals surface area contributed by atoms with E-state index in [-0.39, 0.29) is 11.4 Å². The molecule has 2 N–H and O–H groups in total. The van der Waals surface area contributed by atoms with Gasteiger partial charge in [-0.15, -0.1) is 0 Å². The maximum Gasteiger partial charge on any atom is 0.290 e. The Balaban J connectivity index is 1.83. The minimum Gasteiger partial charge on any atom is -0.503 e. The Morgan fingerprint density at radius 2 is 1.96 bits per heavy atom. The Bertz CT molecular complexity index is 650. The number of ketones is 1. The third-order valence-electron chi connectivity index (χ3n) is 4.70. The molecule has 1 aromatic carbocycles. The van der Waals surface area contributed by atoms with Crippen LogP contribution in [0, 0.1) is 0 Å². The molecule has 24 heavy (non-hydrogen) atoms. The van der Waals surface area contributed by atoms with Crippen molar-refractivity contribution in [3.05, 3.63) is 47.2 Å². The number of aliphatic hydroxyl groups excluding tert-OH is 1. The van der Waals surface area contributed by atoms with Gasteiger partial charge in [-0.1, -0.05) is 30.3 Å². The minimum absolute atomic E-state index is 0.197. The Kier molecular flexibility index (Phi) is 4.97. The summed E-state index contributed by atoms with van der Waals surface area (Å²) < 4.78 is 5.35. The number of rotatable bonds is 5. The van der Waals surface area contributed by atoms with Crippen molar-refractivity contribution in [3.63, 3.8) is 0 Å². The van der Waals surface area contributed by atoms with E-state index in [0.29, 0.717) is 6.54 Å². The molecule has 1 saturated heterocycles. The number of nitrogens with one attached hydrogen (secondary N) is 1. The van der Waals surface area contributed by atoms with E-state index >= 15 is 0 Å². The van der Waals surface area contributed by atoms with E-state index in [1.165, 1.54) is 11.8 Å². The third-order valence-corrected chi connectivity index (χ3v) is 4.70. The second-order valence-electron chi connectivity index (χ2n) is 6.24. The molecule has 0 bridgehead atoms. The molecular weight excluding hydrogens is 308 g/mol. The molecule has 0 radical (unpaired) electrons. The van der Waals surface area contributed by atoms with E-state index < -0.39 is 17.7 Å². The van der Waals surface area contributed by atoms with Crippen LogP contribution in [0.4, 0.5) is 0 Å². The Morgan fingerprint density at radius 1 is 1.29 bits per heavy atom. The fourth-order valence-corrected chi connectivity index (χ4v) is 3.41. The number of aliphatic hydroxyl groups is 1. The van der Waals surface area contributed by atoms with E-state index in [9.17, 15) is 14.7 Å². The fourth-order valence-electron chi connectivity index (χ4n) is 3.41. The highest BCUT2D eigenvalue weighted by Crippen LogP contribution is 2.37. The Labute approximate surface area is 141 Å². The SMILES string of the molecule is CC(=O)C1=C(O)C(=O)N(CC[NH+]2CCOCC2)[C@H]1c1ccccc1. The average Bonchev–Trinajstić information content (AvgIpc) is 2.86. The van der Waals surface area contributed by atoms with Gasteiger partial charge in [-0.3, -0.25) is 9.59 Å². The second-order valence-corrected chi connectivity index (χ2v) is 6.24. The number of carbonyl (C=O) groups excluding carboxylic acids is 2. The molecule has 3 rings (SSSR count). The Hall–Kier alpha value is -2.18. The van der Waals surface area contributed by atoms with Gasteiger partial charge in [0, 0.05) is 0 Å².